The Balaban J connectivity index is 2.34. The number of nitrogens with one attached hydrogen (secondary N) is 1. The highest BCUT2D eigenvalue weighted by Crippen LogP contribution is 2.40. The predicted octanol–water partition coefficient (Wildman–Crippen LogP) is 0.111. The van der Waals surface area contributed by atoms with Gasteiger partial charge in [-0.1, -0.05) is 6.42 Å². The second-order valence-corrected chi connectivity index (χ2v) is 4.73. The van der Waals surface area contributed by atoms with Gasteiger partial charge in [-0.05, 0) is 19.8 Å². The number of aliphatic carboxylic acids is 1. The van der Waals surface area contributed by atoms with E-state index < -0.39 is 11.4 Å². The molecule has 0 bridgehead atoms. The van der Waals surface area contributed by atoms with Gasteiger partial charge in [-0.3, -0.25) is 9.59 Å². The van der Waals surface area contributed by atoms with Crippen molar-refractivity contribution >= 4 is 11.9 Å². The molecular formula is C12H22N2O4. The van der Waals surface area contributed by atoms with E-state index in [9.17, 15) is 9.59 Å². The van der Waals surface area contributed by atoms with Crippen LogP contribution in [0.4, 0.5) is 0 Å². The molecule has 0 heterocycles. The van der Waals surface area contributed by atoms with E-state index in [1.54, 1.807) is 0 Å². The maximum absolute atomic E-state index is 11.7. The molecule has 6 nitrogen and oxygen atoms in total. The Morgan fingerprint density at radius 2 is 2.17 bits per heavy atom. The lowest BCUT2D eigenvalue weighted by Gasteiger charge is -2.37. The summed E-state index contributed by atoms with van der Waals surface area (Å²) >= 11 is 0. The molecule has 0 radical (unpaired) electrons. The molecule has 6 heteroatoms. The molecule has 1 aliphatic carbocycles. The lowest BCUT2D eigenvalue weighted by atomic mass is 9.69. The average Bonchev–Trinajstić information content (AvgIpc) is 2.26. The molecule has 1 fully saturated rings. The van der Waals surface area contributed by atoms with Crippen LogP contribution in [-0.2, 0) is 14.3 Å². The molecule has 1 rings (SSSR count). The van der Waals surface area contributed by atoms with Gasteiger partial charge in [0.15, 0.2) is 0 Å². The van der Waals surface area contributed by atoms with Crippen molar-refractivity contribution in [2.45, 2.75) is 38.7 Å². The summed E-state index contributed by atoms with van der Waals surface area (Å²) in [6, 6.07) is 0. The smallest absolute Gasteiger partial charge is 0.311 e. The van der Waals surface area contributed by atoms with Crippen molar-refractivity contribution in [3.63, 3.8) is 0 Å². The summed E-state index contributed by atoms with van der Waals surface area (Å²) in [5.41, 5.74) is 4.73. The fraction of sp³-hybridized carbons (Fsp3) is 0.833. The van der Waals surface area contributed by atoms with E-state index >= 15 is 0 Å². The van der Waals surface area contributed by atoms with Crippen molar-refractivity contribution in [3.8, 4) is 0 Å². The molecule has 0 aliphatic heterocycles. The van der Waals surface area contributed by atoms with Crippen molar-refractivity contribution in [3.05, 3.63) is 0 Å². The number of amides is 1. The molecule has 0 spiro atoms. The van der Waals surface area contributed by atoms with Crippen LogP contribution in [0.25, 0.3) is 0 Å². The molecule has 1 aliphatic rings. The summed E-state index contributed by atoms with van der Waals surface area (Å²) in [6.45, 7) is 2.83. The van der Waals surface area contributed by atoms with E-state index in [0.29, 0.717) is 19.4 Å². The van der Waals surface area contributed by atoms with E-state index in [0.717, 1.165) is 6.42 Å². The van der Waals surface area contributed by atoms with Crippen LogP contribution >= 0.6 is 0 Å². The Bertz CT molecular complexity index is 302. The van der Waals surface area contributed by atoms with E-state index in [1.165, 1.54) is 0 Å². The standard InChI is InChI=1S/C12H22N2O4/c1-2-18-9(7-13)6-10(15)14-8-12(11(16)17)4-3-5-12/h9H,2-8,13H2,1H3,(H,14,15)(H,16,17). The third-order valence-electron chi connectivity index (χ3n) is 3.47. The van der Waals surface area contributed by atoms with Gasteiger partial charge >= 0.3 is 5.97 Å². The minimum atomic E-state index is -0.825. The number of hydrogen-bond acceptors (Lipinski definition) is 4. The average molecular weight is 258 g/mol. The Kier molecular flexibility index (Phi) is 5.55. The molecule has 1 atom stereocenters. The summed E-state index contributed by atoms with van der Waals surface area (Å²) in [5.74, 6) is -1.03. The number of nitrogens with two attached hydrogens (primary N) is 1. The Morgan fingerprint density at radius 3 is 2.56 bits per heavy atom. The van der Waals surface area contributed by atoms with Crippen molar-refractivity contribution in [2.75, 3.05) is 19.7 Å². The van der Waals surface area contributed by atoms with Gasteiger partial charge in [-0.2, -0.15) is 0 Å². The Morgan fingerprint density at radius 1 is 1.50 bits per heavy atom. The van der Waals surface area contributed by atoms with E-state index in [1.807, 2.05) is 6.92 Å². The van der Waals surface area contributed by atoms with Gasteiger partial charge in [0, 0.05) is 19.7 Å². The molecule has 1 unspecified atom stereocenters. The number of hydrogen-bond donors (Lipinski definition) is 3. The fourth-order valence-corrected chi connectivity index (χ4v) is 2.06. The highest BCUT2D eigenvalue weighted by atomic mass is 16.5. The molecule has 18 heavy (non-hydrogen) atoms. The summed E-state index contributed by atoms with van der Waals surface area (Å²) < 4.78 is 5.28. The third kappa shape index (κ3) is 3.68. The molecular weight excluding hydrogens is 236 g/mol. The highest BCUT2D eigenvalue weighted by molar-refractivity contribution is 5.79. The van der Waals surface area contributed by atoms with Gasteiger partial charge in [0.1, 0.15) is 0 Å². The zero-order valence-electron chi connectivity index (χ0n) is 10.8. The van der Waals surface area contributed by atoms with Gasteiger partial charge in [-0.15, -0.1) is 0 Å². The summed E-state index contributed by atoms with van der Waals surface area (Å²) in [6.07, 6.45) is 2.06. The fourth-order valence-electron chi connectivity index (χ4n) is 2.06. The van der Waals surface area contributed by atoms with Crippen LogP contribution in [0.2, 0.25) is 0 Å². The summed E-state index contributed by atoms with van der Waals surface area (Å²) in [5, 5.41) is 11.8. The molecule has 4 N–H and O–H groups in total. The van der Waals surface area contributed by atoms with Crippen LogP contribution in [0.3, 0.4) is 0 Å². The Labute approximate surface area is 107 Å². The number of carboxylic acid groups (broad SMARTS) is 1. The predicted molar refractivity (Wildman–Crippen MR) is 66.0 cm³/mol. The van der Waals surface area contributed by atoms with Gasteiger partial charge < -0.3 is 20.9 Å². The van der Waals surface area contributed by atoms with Gasteiger partial charge in [0.25, 0.3) is 0 Å². The minimum absolute atomic E-state index is 0.181. The largest absolute Gasteiger partial charge is 0.481 e. The first-order chi connectivity index (χ1) is 8.54. The zero-order valence-corrected chi connectivity index (χ0v) is 10.8. The monoisotopic (exact) mass is 258 g/mol. The van der Waals surface area contributed by atoms with E-state index in [2.05, 4.69) is 5.32 Å². The third-order valence-corrected chi connectivity index (χ3v) is 3.47. The zero-order chi connectivity index (χ0) is 13.6. The molecule has 1 amide bonds. The normalized spacial score (nSPS) is 18.8. The lowest BCUT2D eigenvalue weighted by molar-refractivity contribution is -0.154. The van der Waals surface area contributed by atoms with Crippen molar-refractivity contribution in [1.29, 1.82) is 0 Å². The maximum atomic E-state index is 11.7. The summed E-state index contributed by atoms with van der Waals surface area (Å²) in [7, 11) is 0. The van der Waals surface area contributed by atoms with Crippen molar-refractivity contribution in [2.24, 2.45) is 11.1 Å². The molecule has 0 saturated heterocycles. The highest BCUT2D eigenvalue weighted by Gasteiger charge is 2.44. The topological polar surface area (TPSA) is 102 Å². The van der Waals surface area contributed by atoms with Crippen LogP contribution in [0.5, 0.6) is 0 Å². The molecule has 0 aromatic heterocycles. The molecule has 0 aromatic carbocycles. The van der Waals surface area contributed by atoms with Gasteiger partial charge in [0.05, 0.1) is 17.9 Å². The first kappa shape index (κ1) is 14.9. The van der Waals surface area contributed by atoms with E-state index in [4.69, 9.17) is 15.6 Å². The first-order valence-electron chi connectivity index (χ1n) is 6.36. The quantitative estimate of drug-likeness (QED) is 0.573. The van der Waals surface area contributed by atoms with Gasteiger partial charge in [-0.25, -0.2) is 0 Å². The minimum Gasteiger partial charge on any atom is -0.481 e. The maximum Gasteiger partial charge on any atom is 0.311 e. The molecule has 104 valence electrons. The Hall–Kier alpha value is -1.14. The van der Waals surface area contributed by atoms with Crippen LogP contribution in [0.1, 0.15) is 32.6 Å². The summed E-state index contributed by atoms with van der Waals surface area (Å²) in [4.78, 5) is 22.8. The molecule has 0 aromatic rings. The SMILES string of the molecule is CCOC(CN)CC(=O)NCC1(C(=O)O)CCC1. The van der Waals surface area contributed by atoms with Crippen LogP contribution in [0.15, 0.2) is 0 Å². The van der Waals surface area contributed by atoms with Crippen LogP contribution in [-0.4, -0.2) is 42.8 Å². The second kappa shape index (κ2) is 6.70. The second-order valence-electron chi connectivity index (χ2n) is 4.73. The van der Waals surface area contributed by atoms with E-state index in [-0.39, 0.29) is 31.5 Å². The number of carbonyl (C=O) groups excluding carboxylic acids is 1. The van der Waals surface area contributed by atoms with Crippen molar-refractivity contribution < 1.29 is 19.4 Å². The first-order valence-corrected chi connectivity index (χ1v) is 6.36. The van der Waals surface area contributed by atoms with Crippen LogP contribution < -0.4 is 11.1 Å². The van der Waals surface area contributed by atoms with Crippen molar-refractivity contribution in [1.82, 2.24) is 5.32 Å². The number of carboxylic acids is 1. The molecule has 1 saturated carbocycles. The van der Waals surface area contributed by atoms with Crippen LogP contribution in [0, 0.1) is 5.41 Å². The number of carbonyl (C=O) groups is 2. The number of rotatable bonds is 8. The lowest BCUT2D eigenvalue weighted by Crippen LogP contribution is -2.48. The van der Waals surface area contributed by atoms with Gasteiger partial charge in [0.2, 0.25) is 5.91 Å². The number of ether oxygens (including phenoxy) is 1.